The molecule has 0 aromatic rings. The molecule has 0 rings (SSSR count). The first kappa shape index (κ1) is 6.95. The van der Waals surface area contributed by atoms with Crippen LogP contribution in [-0.2, 0) is 4.79 Å². The molecular formula is C6H7O2. The molecule has 0 unspecified atom stereocenters. The van der Waals surface area contributed by atoms with Crippen LogP contribution in [0.5, 0.6) is 0 Å². The van der Waals surface area contributed by atoms with E-state index >= 15 is 0 Å². The molecule has 0 atom stereocenters. The zero-order valence-corrected chi connectivity index (χ0v) is 4.37. The Bertz CT molecular complexity index is 114. The SMILES string of the molecule is [CH]=CC/C=C/C(=O)O. The van der Waals surface area contributed by atoms with Crippen molar-refractivity contribution >= 4 is 5.97 Å². The van der Waals surface area contributed by atoms with E-state index in [1.165, 1.54) is 12.2 Å². The Morgan fingerprint density at radius 2 is 2.38 bits per heavy atom. The summed E-state index contributed by atoms with van der Waals surface area (Å²) in [4.78, 5) is 9.73. The Balaban J connectivity index is 3.34. The fourth-order valence-corrected chi connectivity index (χ4v) is 0.247. The van der Waals surface area contributed by atoms with Crippen LogP contribution in [0.15, 0.2) is 18.2 Å². The largest absolute Gasteiger partial charge is 0.478 e. The minimum absolute atomic E-state index is 0.506. The first-order valence-corrected chi connectivity index (χ1v) is 2.20. The average molecular weight is 111 g/mol. The number of rotatable bonds is 3. The van der Waals surface area contributed by atoms with Crippen LogP contribution in [0.3, 0.4) is 0 Å². The zero-order chi connectivity index (χ0) is 6.41. The van der Waals surface area contributed by atoms with E-state index in [4.69, 9.17) is 11.7 Å². The van der Waals surface area contributed by atoms with Crippen molar-refractivity contribution in [3.05, 3.63) is 24.8 Å². The van der Waals surface area contributed by atoms with Gasteiger partial charge in [-0.3, -0.25) is 0 Å². The van der Waals surface area contributed by atoms with Crippen LogP contribution in [0.2, 0.25) is 0 Å². The van der Waals surface area contributed by atoms with Gasteiger partial charge in [-0.15, -0.1) is 0 Å². The van der Waals surface area contributed by atoms with Gasteiger partial charge in [-0.05, 0) is 6.42 Å². The summed E-state index contributed by atoms with van der Waals surface area (Å²) in [6.07, 6.45) is 4.43. The summed E-state index contributed by atoms with van der Waals surface area (Å²) in [6.45, 7) is 4.95. The molecule has 1 N–H and O–H groups in total. The lowest BCUT2D eigenvalue weighted by atomic mass is 10.4. The highest BCUT2D eigenvalue weighted by Gasteiger charge is 1.80. The van der Waals surface area contributed by atoms with Crippen molar-refractivity contribution in [3.8, 4) is 0 Å². The lowest BCUT2D eigenvalue weighted by molar-refractivity contribution is -0.131. The van der Waals surface area contributed by atoms with Crippen molar-refractivity contribution in [2.24, 2.45) is 0 Å². The monoisotopic (exact) mass is 111 g/mol. The van der Waals surface area contributed by atoms with Gasteiger partial charge in [0.1, 0.15) is 0 Å². The number of allylic oxidation sites excluding steroid dienone is 2. The summed E-state index contributed by atoms with van der Waals surface area (Å²) in [5.41, 5.74) is 0. The number of hydrogen-bond acceptors (Lipinski definition) is 1. The second-order valence-corrected chi connectivity index (χ2v) is 1.21. The summed E-state index contributed by atoms with van der Waals surface area (Å²) in [5, 5.41) is 8.00. The van der Waals surface area contributed by atoms with E-state index in [1.807, 2.05) is 0 Å². The number of carbonyl (C=O) groups is 1. The number of carboxylic acids is 1. The van der Waals surface area contributed by atoms with Gasteiger partial charge in [0.25, 0.3) is 0 Å². The topological polar surface area (TPSA) is 37.3 Å². The first-order chi connectivity index (χ1) is 3.77. The third kappa shape index (κ3) is 4.95. The molecular weight excluding hydrogens is 104 g/mol. The first-order valence-electron chi connectivity index (χ1n) is 2.20. The van der Waals surface area contributed by atoms with Crippen LogP contribution in [-0.4, -0.2) is 11.1 Å². The van der Waals surface area contributed by atoms with Gasteiger partial charge in [0.2, 0.25) is 0 Å². The number of hydrogen-bond donors (Lipinski definition) is 1. The summed E-state index contributed by atoms with van der Waals surface area (Å²) < 4.78 is 0. The molecule has 2 nitrogen and oxygen atoms in total. The Hall–Kier alpha value is -1.05. The van der Waals surface area contributed by atoms with Crippen LogP contribution in [0.1, 0.15) is 6.42 Å². The highest BCUT2D eigenvalue weighted by molar-refractivity contribution is 5.79. The van der Waals surface area contributed by atoms with Crippen molar-refractivity contribution in [3.63, 3.8) is 0 Å². The molecule has 8 heavy (non-hydrogen) atoms. The van der Waals surface area contributed by atoms with Crippen LogP contribution in [0, 0.1) is 6.58 Å². The van der Waals surface area contributed by atoms with Gasteiger partial charge in [-0.25, -0.2) is 4.79 Å². The molecule has 0 saturated carbocycles. The van der Waals surface area contributed by atoms with E-state index in [0.29, 0.717) is 6.42 Å². The van der Waals surface area contributed by atoms with Gasteiger partial charge in [-0.2, -0.15) is 0 Å². The van der Waals surface area contributed by atoms with Gasteiger partial charge >= 0.3 is 5.97 Å². The predicted octanol–water partition coefficient (Wildman–Crippen LogP) is 1.01. The maximum Gasteiger partial charge on any atom is 0.327 e. The maximum atomic E-state index is 9.73. The molecule has 2 heteroatoms. The van der Waals surface area contributed by atoms with Crippen molar-refractivity contribution in [1.29, 1.82) is 0 Å². The maximum absolute atomic E-state index is 9.73. The number of aliphatic carboxylic acids is 1. The lowest BCUT2D eigenvalue weighted by Crippen LogP contribution is -1.84. The lowest BCUT2D eigenvalue weighted by Gasteiger charge is -1.75. The summed E-state index contributed by atoms with van der Waals surface area (Å²) in [5.74, 6) is -0.938. The van der Waals surface area contributed by atoms with E-state index in [2.05, 4.69) is 0 Å². The third-order valence-corrected chi connectivity index (χ3v) is 0.533. The van der Waals surface area contributed by atoms with Crippen LogP contribution in [0.4, 0.5) is 0 Å². The number of carboxylic acid groups (broad SMARTS) is 1. The Morgan fingerprint density at radius 1 is 1.75 bits per heavy atom. The minimum atomic E-state index is -0.938. The zero-order valence-electron chi connectivity index (χ0n) is 4.37. The second-order valence-electron chi connectivity index (χ2n) is 1.21. The molecule has 0 fully saturated rings. The summed E-state index contributed by atoms with van der Waals surface area (Å²) in [6, 6.07) is 0. The molecule has 0 amide bonds. The average Bonchev–Trinajstić information content (AvgIpc) is 1.66. The van der Waals surface area contributed by atoms with E-state index < -0.39 is 5.97 Å². The van der Waals surface area contributed by atoms with Crippen LogP contribution < -0.4 is 0 Å². The van der Waals surface area contributed by atoms with Crippen molar-refractivity contribution in [2.75, 3.05) is 0 Å². The Morgan fingerprint density at radius 3 is 2.75 bits per heavy atom. The van der Waals surface area contributed by atoms with Crippen LogP contribution >= 0.6 is 0 Å². The van der Waals surface area contributed by atoms with E-state index in [-0.39, 0.29) is 0 Å². The van der Waals surface area contributed by atoms with E-state index in [9.17, 15) is 4.79 Å². The van der Waals surface area contributed by atoms with Gasteiger partial charge < -0.3 is 5.11 Å². The fourth-order valence-electron chi connectivity index (χ4n) is 0.247. The molecule has 0 aliphatic heterocycles. The van der Waals surface area contributed by atoms with Gasteiger partial charge in [-0.1, -0.05) is 18.7 Å². The summed E-state index contributed by atoms with van der Waals surface area (Å²) in [7, 11) is 0. The van der Waals surface area contributed by atoms with E-state index in [1.54, 1.807) is 0 Å². The highest BCUT2D eigenvalue weighted by Crippen LogP contribution is 1.80. The third-order valence-electron chi connectivity index (χ3n) is 0.533. The molecule has 0 aliphatic rings. The van der Waals surface area contributed by atoms with E-state index in [0.717, 1.165) is 6.08 Å². The summed E-state index contributed by atoms with van der Waals surface area (Å²) >= 11 is 0. The molecule has 0 aromatic heterocycles. The predicted molar refractivity (Wildman–Crippen MR) is 30.3 cm³/mol. The molecule has 1 radical (unpaired) electrons. The smallest absolute Gasteiger partial charge is 0.327 e. The molecule has 0 aromatic carbocycles. The van der Waals surface area contributed by atoms with Crippen molar-refractivity contribution < 1.29 is 9.90 Å². The fraction of sp³-hybridized carbons (Fsp3) is 0.167. The molecule has 43 valence electrons. The van der Waals surface area contributed by atoms with Crippen molar-refractivity contribution in [1.82, 2.24) is 0 Å². The highest BCUT2D eigenvalue weighted by atomic mass is 16.4. The molecule has 0 heterocycles. The minimum Gasteiger partial charge on any atom is -0.478 e. The molecule has 0 aliphatic carbocycles. The molecule has 0 spiro atoms. The standard InChI is InChI=1S/C6H7O2/c1-2-3-4-5-6(7)8/h1-2,4-5H,3H2,(H,7,8)/b2-1?,5-4+. The normalized spacial score (nSPS) is 9.50. The Kier molecular flexibility index (Phi) is 3.58. The van der Waals surface area contributed by atoms with Gasteiger partial charge in [0, 0.05) is 6.08 Å². The Labute approximate surface area is 48.1 Å². The molecule has 0 saturated heterocycles. The van der Waals surface area contributed by atoms with Crippen molar-refractivity contribution in [2.45, 2.75) is 6.42 Å². The quantitative estimate of drug-likeness (QED) is 0.552. The molecule has 0 bridgehead atoms. The van der Waals surface area contributed by atoms with Gasteiger partial charge in [0.15, 0.2) is 0 Å². The van der Waals surface area contributed by atoms with Crippen LogP contribution in [0.25, 0.3) is 0 Å². The second kappa shape index (κ2) is 4.12. The van der Waals surface area contributed by atoms with Gasteiger partial charge in [0.05, 0.1) is 0 Å².